The summed E-state index contributed by atoms with van der Waals surface area (Å²) in [5, 5.41) is 11.7. The zero-order chi connectivity index (χ0) is 27.2. The van der Waals surface area contributed by atoms with E-state index in [9.17, 15) is 14.7 Å². The third kappa shape index (κ3) is 5.92. The number of aromatic hydroxyl groups is 1. The van der Waals surface area contributed by atoms with Crippen LogP contribution in [0.2, 0.25) is 0 Å². The van der Waals surface area contributed by atoms with Crippen molar-refractivity contribution in [2.45, 2.75) is 13.8 Å². The highest BCUT2D eigenvalue weighted by Gasteiger charge is 2.20. The van der Waals surface area contributed by atoms with E-state index < -0.39 is 5.97 Å². The van der Waals surface area contributed by atoms with Crippen LogP contribution in [0.4, 0.5) is 11.4 Å². The van der Waals surface area contributed by atoms with E-state index in [4.69, 9.17) is 9.73 Å². The molecule has 3 aromatic carbocycles. The number of hydrogen-bond donors (Lipinski definition) is 2. The van der Waals surface area contributed by atoms with Crippen LogP contribution in [0.5, 0.6) is 5.88 Å². The minimum absolute atomic E-state index is 0.0287. The minimum atomic E-state index is -0.424. The van der Waals surface area contributed by atoms with E-state index >= 15 is 0 Å². The molecule has 4 rings (SSSR count). The number of fused-ring (bicyclic) bond motifs is 1. The Bertz CT molecular complexity index is 1460. The normalized spacial score (nSPS) is 11.7. The van der Waals surface area contributed by atoms with Gasteiger partial charge < -0.3 is 24.6 Å². The van der Waals surface area contributed by atoms with Crippen LogP contribution in [0.25, 0.3) is 10.9 Å². The first-order chi connectivity index (χ1) is 18.3. The van der Waals surface area contributed by atoms with Crippen molar-refractivity contribution >= 4 is 39.9 Å². The number of aliphatic imine (C=N–C) groups is 1. The van der Waals surface area contributed by atoms with Gasteiger partial charge in [-0.15, -0.1) is 0 Å². The van der Waals surface area contributed by atoms with Crippen molar-refractivity contribution < 1.29 is 19.4 Å². The molecule has 38 heavy (non-hydrogen) atoms. The molecule has 0 fully saturated rings. The maximum absolute atomic E-state index is 12.2. The maximum Gasteiger partial charge on any atom is 0.338 e. The number of carbonyl (C=O) groups is 2. The average Bonchev–Trinajstić information content (AvgIpc) is 3.23. The second-order valence-corrected chi connectivity index (χ2v) is 9.15. The van der Waals surface area contributed by atoms with E-state index in [0.717, 1.165) is 23.2 Å². The van der Waals surface area contributed by atoms with E-state index in [2.05, 4.69) is 4.98 Å². The third-order valence-electron chi connectivity index (χ3n) is 6.13. The van der Waals surface area contributed by atoms with Gasteiger partial charge in [0.05, 0.1) is 29.1 Å². The van der Waals surface area contributed by atoms with Crippen LogP contribution in [0, 0.1) is 0 Å². The molecule has 0 aliphatic rings. The summed E-state index contributed by atoms with van der Waals surface area (Å²) in [6.45, 7) is 4.92. The minimum Gasteiger partial charge on any atom is -0.494 e. The fourth-order valence-corrected chi connectivity index (χ4v) is 4.23. The van der Waals surface area contributed by atoms with E-state index in [-0.39, 0.29) is 18.4 Å². The smallest absolute Gasteiger partial charge is 0.338 e. The Labute approximate surface area is 222 Å². The number of anilines is 1. The highest BCUT2D eigenvalue weighted by atomic mass is 16.5. The van der Waals surface area contributed by atoms with E-state index in [1.165, 1.54) is 0 Å². The lowest BCUT2D eigenvalue weighted by Crippen LogP contribution is -2.35. The molecule has 4 aromatic rings. The molecule has 0 atom stereocenters. The Hall–Kier alpha value is -4.43. The summed E-state index contributed by atoms with van der Waals surface area (Å²) in [4.78, 5) is 36.1. The molecule has 8 nitrogen and oxygen atoms in total. The third-order valence-corrected chi connectivity index (χ3v) is 6.13. The van der Waals surface area contributed by atoms with Gasteiger partial charge in [-0.1, -0.05) is 36.4 Å². The molecular formula is C30H32N4O4. The van der Waals surface area contributed by atoms with Crippen LogP contribution in [0.1, 0.15) is 35.3 Å². The monoisotopic (exact) mass is 512 g/mol. The summed E-state index contributed by atoms with van der Waals surface area (Å²) in [6.07, 6.45) is 0. The number of nitrogens with zero attached hydrogens (tertiary/aromatic N) is 3. The molecule has 0 saturated carbocycles. The molecule has 0 aliphatic heterocycles. The van der Waals surface area contributed by atoms with Crippen molar-refractivity contribution in [3.8, 4) is 5.88 Å². The number of benzene rings is 3. The molecule has 0 bridgehead atoms. The number of carbonyl (C=O) groups excluding carboxylic acids is 2. The second-order valence-electron chi connectivity index (χ2n) is 9.15. The van der Waals surface area contributed by atoms with Crippen molar-refractivity contribution in [1.29, 1.82) is 0 Å². The number of likely N-dealkylation sites (N-methyl/N-ethyl adjacent to an activating group) is 1. The van der Waals surface area contributed by atoms with Gasteiger partial charge in [0, 0.05) is 42.2 Å². The van der Waals surface area contributed by atoms with Gasteiger partial charge in [0.15, 0.2) is 5.88 Å². The van der Waals surface area contributed by atoms with Gasteiger partial charge in [0.2, 0.25) is 5.91 Å². The van der Waals surface area contributed by atoms with Gasteiger partial charge >= 0.3 is 5.97 Å². The Kier molecular flexibility index (Phi) is 8.23. The quantitative estimate of drug-likeness (QED) is 0.239. The van der Waals surface area contributed by atoms with Crippen LogP contribution in [-0.4, -0.2) is 66.4 Å². The SMILES string of the molecule is CCOC(=O)c1ccc2c(C(=Nc3ccc(N(CCN(C)C)C(C)=O)cc3)c3ccccc3)c(O)[nH]c2c1. The Morgan fingerprint density at radius 3 is 2.29 bits per heavy atom. The van der Waals surface area contributed by atoms with E-state index in [1.807, 2.05) is 73.6 Å². The molecule has 1 aromatic heterocycles. The van der Waals surface area contributed by atoms with Gasteiger partial charge in [-0.2, -0.15) is 0 Å². The van der Waals surface area contributed by atoms with Gasteiger partial charge in [-0.3, -0.25) is 4.79 Å². The number of nitrogens with one attached hydrogen (secondary N) is 1. The lowest BCUT2D eigenvalue weighted by molar-refractivity contribution is -0.116. The molecule has 0 spiro atoms. The highest BCUT2D eigenvalue weighted by Crippen LogP contribution is 2.32. The molecule has 1 heterocycles. The molecule has 0 aliphatic carbocycles. The Morgan fingerprint density at radius 2 is 1.66 bits per heavy atom. The van der Waals surface area contributed by atoms with Gasteiger partial charge in [0.1, 0.15) is 0 Å². The zero-order valence-electron chi connectivity index (χ0n) is 22.1. The summed E-state index contributed by atoms with van der Waals surface area (Å²) in [6, 6.07) is 22.2. The number of H-pyrrole nitrogens is 1. The number of amides is 1. The fraction of sp³-hybridized carbons (Fsp3) is 0.233. The predicted molar refractivity (Wildman–Crippen MR) is 151 cm³/mol. The number of ether oxygens (including phenoxy) is 1. The summed E-state index contributed by atoms with van der Waals surface area (Å²) in [5.74, 6) is -0.502. The molecule has 196 valence electrons. The molecule has 0 unspecified atom stereocenters. The number of esters is 1. The lowest BCUT2D eigenvalue weighted by Gasteiger charge is -2.23. The summed E-state index contributed by atoms with van der Waals surface area (Å²) < 4.78 is 5.11. The van der Waals surface area contributed by atoms with E-state index in [0.29, 0.717) is 34.6 Å². The van der Waals surface area contributed by atoms with Crippen LogP contribution in [0.3, 0.4) is 0 Å². The first-order valence-corrected chi connectivity index (χ1v) is 12.5. The van der Waals surface area contributed by atoms with Gasteiger partial charge in [-0.25, -0.2) is 9.79 Å². The standard InChI is InChI=1S/C30H32N4O4/c1-5-38-30(37)22-11-16-25-26(19-22)32-29(36)27(25)28(21-9-7-6-8-10-21)31-23-12-14-24(15-13-23)34(20(2)35)18-17-33(3)4/h6-16,19,32,36H,5,17-18H2,1-4H3. The number of aromatic amines is 1. The zero-order valence-corrected chi connectivity index (χ0v) is 22.1. The van der Waals surface area contributed by atoms with Crippen molar-refractivity contribution in [1.82, 2.24) is 9.88 Å². The van der Waals surface area contributed by atoms with Crippen molar-refractivity contribution in [3.05, 3.63) is 89.5 Å². The molecule has 0 radical (unpaired) electrons. The molecule has 1 amide bonds. The number of aromatic nitrogens is 1. The largest absolute Gasteiger partial charge is 0.494 e. The first kappa shape index (κ1) is 26.6. The summed E-state index contributed by atoms with van der Waals surface area (Å²) in [7, 11) is 3.94. The molecular weight excluding hydrogens is 480 g/mol. The highest BCUT2D eigenvalue weighted by molar-refractivity contribution is 6.22. The summed E-state index contributed by atoms with van der Waals surface area (Å²) >= 11 is 0. The summed E-state index contributed by atoms with van der Waals surface area (Å²) in [5.41, 5.74) is 4.37. The van der Waals surface area contributed by atoms with Gasteiger partial charge in [-0.05, 0) is 57.4 Å². The Morgan fingerprint density at radius 1 is 0.947 bits per heavy atom. The Balaban J connectivity index is 1.77. The van der Waals surface area contributed by atoms with Crippen molar-refractivity contribution in [2.75, 3.05) is 38.7 Å². The second kappa shape index (κ2) is 11.7. The van der Waals surface area contributed by atoms with Crippen LogP contribution < -0.4 is 4.90 Å². The average molecular weight is 513 g/mol. The number of hydrogen-bond acceptors (Lipinski definition) is 6. The predicted octanol–water partition coefficient (Wildman–Crippen LogP) is 5.13. The molecule has 0 saturated heterocycles. The fourth-order valence-electron chi connectivity index (χ4n) is 4.23. The van der Waals surface area contributed by atoms with Crippen molar-refractivity contribution in [3.63, 3.8) is 0 Å². The molecule has 8 heteroatoms. The number of rotatable bonds is 9. The van der Waals surface area contributed by atoms with Crippen LogP contribution in [-0.2, 0) is 9.53 Å². The molecule has 2 N–H and O–H groups in total. The van der Waals surface area contributed by atoms with E-state index in [1.54, 1.807) is 36.9 Å². The van der Waals surface area contributed by atoms with Crippen molar-refractivity contribution in [2.24, 2.45) is 4.99 Å². The topological polar surface area (TPSA) is 98.2 Å². The maximum atomic E-state index is 12.2. The van der Waals surface area contributed by atoms with Gasteiger partial charge in [0.25, 0.3) is 0 Å². The lowest BCUT2D eigenvalue weighted by atomic mass is 10.00. The van der Waals surface area contributed by atoms with Crippen LogP contribution >= 0.6 is 0 Å². The first-order valence-electron chi connectivity index (χ1n) is 12.5. The van der Waals surface area contributed by atoms with Crippen LogP contribution in [0.15, 0.2) is 77.8 Å².